The fourth-order valence-electron chi connectivity index (χ4n) is 2.51. The second-order valence-electron chi connectivity index (χ2n) is 5.75. The van der Waals surface area contributed by atoms with Gasteiger partial charge in [-0.15, -0.1) is 0 Å². The largest absolute Gasteiger partial charge is 0.383 e. The molecule has 0 fully saturated rings. The number of amides is 1. The van der Waals surface area contributed by atoms with E-state index in [9.17, 15) is 13.6 Å². The Labute approximate surface area is 160 Å². The lowest BCUT2D eigenvalue weighted by Gasteiger charge is -2.09. The molecule has 0 aliphatic carbocycles. The molecular weight excluding hydrogens is 372 g/mol. The van der Waals surface area contributed by atoms with Crippen molar-refractivity contribution in [2.45, 2.75) is 6.42 Å². The van der Waals surface area contributed by atoms with Crippen LogP contribution in [-0.2, 0) is 6.42 Å². The molecule has 0 saturated carbocycles. The van der Waals surface area contributed by atoms with Gasteiger partial charge in [-0.1, -0.05) is 35.9 Å². The molecule has 0 atom stereocenters. The Balaban J connectivity index is 1.57. The topological polar surface area (TPSA) is 54.0 Å². The second kappa shape index (κ2) is 8.60. The molecule has 0 aliphatic heterocycles. The van der Waals surface area contributed by atoms with E-state index in [-0.39, 0.29) is 22.2 Å². The van der Waals surface area contributed by atoms with Crippen LogP contribution in [0.3, 0.4) is 0 Å². The normalized spacial score (nSPS) is 10.5. The van der Waals surface area contributed by atoms with Gasteiger partial charge in [0.25, 0.3) is 5.91 Å². The molecule has 2 N–H and O–H groups in total. The molecule has 0 bridgehead atoms. The smallest absolute Gasteiger partial charge is 0.261 e. The summed E-state index contributed by atoms with van der Waals surface area (Å²) < 4.78 is 27.3. The van der Waals surface area contributed by atoms with Crippen LogP contribution in [0.25, 0.3) is 0 Å². The molecule has 7 heteroatoms. The molecule has 3 aromatic rings. The fraction of sp³-hybridized carbons (Fsp3) is 0.100. The molecular formula is C20H16ClF2N3O. The van der Waals surface area contributed by atoms with E-state index in [4.69, 9.17) is 11.6 Å². The van der Waals surface area contributed by atoms with Crippen LogP contribution in [0, 0.1) is 11.6 Å². The number of halogens is 3. The summed E-state index contributed by atoms with van der Waals surface area (Å²) in [5.74, 6) is -1.35. The van der Waals surface area contributed by atoms with E-state index in [1.807, 2.05) is 0 Å². The summed E-state index contributed by atoms with van der Waals surface area (Å²) in [6.07, 6.45) is 2.05. The third kappa shape index (κ3) is 4.80. The van der Waals surface area contributed by atoms with Gasteiger partial charge in [0.2, 0.25) is 0 Å². The Hall–Kier alpha value is -2.99. The molecule has 1 amide bonds. The van der Waals surface area contributed by atoms with Crippen LogP contribution in [-0.4, -0.2) is 17.4 Å². The number of hydrogen-bond donors (Lipinski definition) is 2. The molecule has 27 heavy (non-hydrogen) atoms. The second-order valence-corrected chi connectivity index (χ2v) is 6.16. The van der Waals surface area contributed by atoms with E-state index in [1.54, 1.807) is 30.3 Å². The number of nitrogens with one attached hydrogen (secondary N) is 2. The van der Waals surface area contributed by atoms with Crippen LogP contribution < -0.4 is 10.6 Å². The predicted octanol–water partition coefficient (Wildman–Crippen LogP) is 4.92. The van der Waals surface area contributed by atoms with Crippen molar-refractivity contribution in [1.82, 2.24) is 4.98 Å². The number of benzene rings is 2. The number of anilines is 2. The van der Waals surface area contributed by atoms with Gasteiger partial charge in [0.1, 0.15) is 17.5 Å². The first-order valence-electron chi connectivity index (χ1n) is 8.23. The monoisotopic (exact) mass is 387 g/mol. The van der Waals surface area contributed by atoms with E-state index in [2.05, 4.69) is 15.6 Å². The van der Waals surface area contributed by atoms with Crippen molar-refractivity contribution in [2.75, 3.05) is 17.2 Å². The van der Waals surface area contributed by atoms with Gasteiger partial charge in [-0.25, -0.2) is 13.8 Å². The van der Waals surface area contributed by atoms with Crippen molar-refractivity contribution < 1.29 is 13.6 Å². The highest BCUT2D eigenvalue weighted by Crippen LogP contribution is 2.20. The summed E-state index contributed by atoms with van der Waals surface area (Å²) in [5, 5.41) is 5.66. The number of hydrogen-bond acceptors (Lipinski definition) is 3. The molecule has 3 rings (SSSR count). The summed E-state index contributed by atoms with van der Waals surface area (Å²) >= 11 is 5.88. The summed E-state index contributed by atoms with van der Waals surface area (Å²) in [5.41, 5.74) is 1.12. The first-order chi connectivity index (χ1) is 13.0. The zero-order valence-corrected chi connectivity index (χ0v) is 14.9. The summed E-state index contributed by atoms with van der Waals surface area (Å²) in [7, 11) is 0. The van der Waals surface area contributed by atoms with Gasteiger partial charge in [0.15, 0.2) is 0 Å². The molecule has 0 saturated heterocycles. The third-order valence-corrected chi connectivity index (χ3v) is 4.19. The van der Waals surface area contributed by atoms with Gasteiger partial charge in [-0.2, -0.15) is 0 Å². The molecule has 0 aliphatic rings. The van der Waals surface area contributed by atoms with E-state index < -0.39 is 11.7 Å². The van der Waals surface area contributed by atoms with Gasteiger partial charge in [0, 0.05) is 6.54 Å². The van der Waals surface area contributed by atoms with E-state index in [0.29, 0.717) is 24.2 Å². The predicted molar refractivity (Wildman–Crippen MR) is 102 cm³/mol. The Morgan fingerprint density at radius 2 is 1.78 bits per heavy atom. The lowest BCUT2D eigenvalue weighted by atomic mass is 10.1. The third-order valence-electron chi connectivity index (χ3n) is 3.88. The number of aromatic nitrogens is 1. The maximum Gasteiger partial charge on any atom is 0.261 e. The van der Waals surface area contributed by atoms with Crippen LogP contribution in [0.5, 0.6) is 0 Å². The van der Waals surface area contributed by atoms with Gasteiger partial charge in [-0.05, 0) is 42.3 Å². The van der Waals surface area contributed by atoms with E-state index in [1.165, 1.54) is 24.4 Å². The SMILES string of the molecule is O=C(Nc1ccc(NCCc2ccccc2F)cn1)c1c(F)cccc1Cl. The van der Waals surface area contributed by atoms with E-state index in [0.717, 1.165) is 6.07 Å². The number of carbonyl (C=O) groups is 1. The number of rotatable bonds is 6. The summed E-state index contributed by atoms with van der Waals surface area (Å²) in [4.78, 5) is 16.3. The van der Waals surface area contributed by atoms with Crippen LogP contribution in [0.4, 0.5) is 20.3 Å². The zero-order chi connectivity index (χ0) is 19.2. The highest BCUT2D eigenvalue weighted by Gasteiger charge is 2.16. The molecule has 1 heterocycles. The first kappa shape index (κ1) is 18.8. The van der Waals surface area contributed by atoms with Crippen molar-refractivity contribution >= 4 is 29.0 Å². The van der Waals surface area contributed by atoms with Crippen LogP contribution in [0.15, 0.2) is 60.8 Å². The maximum atomic E-state index is 13.8. The van der Waals surface area contributed by atoms with Crippen molar-refractivity contribution in [2.24, 2.45) is 0 Å². The molecule has 0 unspecified atom stereocenters. The zero-order valence-electron chi connectivity index (χ0n) is 14.2. The maximum absolute atomic E-state index is 13.8. The highest BCUT2D eigenvalue weighted by molar-refractivity contribution is 6.34. The quantitative estimate of drug-likeness (QED) is 0.631. The summed E-state index contributed by atoms with van der Waals surface area (Å²) in [6, 6.07) is 13.9. The van der Waals surface area contributed by atoms with Gasteiger partial charge in [-0.3, -0.25) is 4.79 Å². The van der Waals surface area contributed by atoms with Gasteiger partial charge >= 0.3 is 0 Å². The lowest BCUT2D eigenvalue weighted by molar-refractivity contribution is 0.102. The molecule has 138 valence electrons. The highest BCUT2D eigenvalue weighted by atomic mass is 35.5. The average Bonchev–Trinajstić information content (AvgIpc) is 2.64. The van der Waals surface area contributed by atoms with Crippen molar-refractivity contribution in [3.8, 4) is 0 Å². The van der Waals surface area contributed by atoms with Crippen LogP contribution in [0.1, 0.15) is 15.9 Å². The fourth-order valence-corrected chi connectivity index (χ4v) is 2.76. The number of pyridine rings is 1. The number of nitrogens with zero attached hydrogens (tertiary/aromatic N) is 1. The van der Waals surface area contributed by atoms with Gasteiger partial charge < -0.3 is 10.6 Å². The molecule has 0 spiro atoms. The minimum Gasteiger partial charge on any atom is -0.383 e. The standard InChI is InChI=1S/C20H16ClF2N3O/c21-15-5-3-7-17(23)19(15)20(27)26-18-9-8-14(12-25-18)24-11-10-13-4-1-2-6-16(13)22/h1-9,12,24H,10-11H2,(H,25,26,27). The molecule has 1 aromatic heterocycles. The van der Waals surface area contributed by atoms with Crippen molar-refractivity contribution in [3.05, 3.63) is 88.6 Å². The Kier molecular flexibility index (Phi) is 5.98. The number of carbonyl (C=O) groups excluding carboxylic acids is 1. The molecule has 2 aromatic carbocycles. The van der Waals surface area contributed by atoms with Crippen molar-refractivity contribution in [3.63, 3.8) is 0 Å². The molecule has 0 radical (unpaired) electrons. The average molecular weight is 388 g/mol. The van der Waals surface area contributed by atoms with Crippen LogP contribution >= 0.6 is 11.6 Å². The Morgan fingerprint density at radius 1 is 1.00 bits per heavy atom. The minimum atomic E-state index is -0.702. The van der Waals surface area contributed by atoms with Crippen LogP contribution in [0.2, 0.25) is 5.02 Å². The van der Waals surface area contributed by atoms with Gasteiger partial charge in [0.05, 0.1) is 22.5 Å². The molecule has 4 nitrogen and oxygen atoms in total. The van der Waals surface area contributed by atoms with E-state index >= 15 is 0 Å². The minimum absolute atomic E-state index is 0.0268. The Morgan fingerprint density at radius 3 is 2.48 bits per heavy atom. The Bertz CT molecular complexity index is 928. The first-order valence-corrected chi connectivity index (χ1v) is 8.61. The summed E-state index contributed by atoms with van der Waals surface area (Å²) in [6.45, 7) is 0.527. The van der Waals surface area contributed by atoms with Crippen molar-refractivity contribution in [1.29, 1.82) is 0 Å². The lowest BCUT2D eigenvalue weighted by Crippen LogP contribution is -2.15.